The van der Waals surface area contributed by atoms with Crippen LogP contribution in [-0.2, 0) is 9.53 Å². The Morgan fingerprint density at radius 1 is 1.40 bits per heavy atom. The van der Waals surface area contributed by atoms with Gasteiger partial charge in [-0.15, -0.1) is 0 Å². The fraction of sp³-hybridized carbons (Fsp3) is 0.909. The summed E-state index contributed by atoms with van der Waals surface area (Å²) in [5.41, 5.74) is 5.37. The van der Waals surface area contributed by atoms with Crippen molar-refractivity contribution in [2.75, 3.05) is 20.3 Å². The summed E-state index contributed by atoms with van der Waals surface area (Å²) >= 11 is 0. The van der Waals surface area contributed by atoms with Crippen LogP contribution in [0.5, 0.6) is 0 Å². The van der Waals surface area contributed by atoms with Gasteiger partial charge in [0.25, 0.3) is 0 Å². The number of nitrogens with two attached hydrogens (primary N) is 1. The van der Waals surface area contributed by atoms with E-state index in [0.717, 1.165) is 25.7 Å². The Labute approximate surface area is 92.6 Å². The predicted molar refractivity (Wildman–Crippen MR) is 61.6 cm³/mol. The largest absolute Gasteiger partial charge is 0.383 e. The molecular formula is C11H24N2O2. The Morgan fingerprint density at radius 2 is 2.13 bits per heavy atom. The number of carbonyl (C=O) groups is 1. The van der Waals surface area contributed by atoms with Crippen LogP contribution in [0.2, 0.25) is 0 Å². The van der Waals surface area contributed by atoms with Crippen LogP contribution in [0.1, 0.15) is 39.0 Å². The van der Waals surface area contributed by atoms with Gasteiger partial charge in [0, 0.05) is 13.5 Å². The molecule has 3 N–H and O–H groups in total. The molecule has 1 amide bonds. The molecule has 90 valence electrons. The maximum Gasteiger partial charge on any atom is 0.220 e. The number of hydrogen-bond donors (Lipinski definition) is 2. The van der Waals surface area contributed by atoms with Crippen molar-refractivity contribution in [2.45, 2.75) is 45.1 Å². The van der Waals surface area contributed by atoms with Gasteiger partial charge in [-0.05, 0) is 25.8 Å². The van der Waals surface area contributed by atoms with Gasteiger partial charge < -0.3 is 15.8 Å². The Balaban J connectivity index is 3.52. The summed E-state index contributed by atoms with van der Waals surface area (Å²) in [6.45, 7) is 3.34. The average molecular weight is 216 g/mol. The number of unbranched alkanes of at least 4 members (excludes halogenated alkanes) is 2. The Hall–Kier alpha value is -0.610. The summed E-state index contributed by atoms with van der Waals surface area (Å²) in [4.78, 5) is 11.5. The van der Waals surface area contributed by atoms with Crippen LogP contribution in [0.15, 0.2) is 0 Å². The Bertz CT molecular complexity index is 163. The first kappa shape index (κ1) is 14.4. The van der Waals surface area contributed by atoms with E-state index in [1.807, 2.05) is 6.92 Å². The molecule has 0 aliphatic heterocycles. The van der Waals surface area contributed by atoms with Crippen LogP contribution >= 0.6 is 0 Å². The number of methoxy groups -OCH3 is 1. The molecule has 4 heteroatoms. The van der Waals surface area contributed by atoms with Crippen molar-refractivity contribution < 1.29 is 9.53 Å². The van der Waals surface area contributed by atoms with Crippen LogP contribution in [0.4, 0.5) is 0 Å². The van der Waals surface area contributed by atoms with Crippen LogP contribution in [-0.4, -0.2) is 32.2 Å². The number of ether oxygens (including phenoxy) is 1. The maximum absolute atomic E-state index is 11.5. The van der Waals surface area contributed by atoms with E-state index in [1.54, 1.807) is 7.11 Å². The lowest BCUT2D eigenvalue weighted by molar-refractivity contribution is -0.122. The van der Waals surface area contributed by atoms with Gasteiger partial charge in [0.2, 0.25) is 5.91 Å². The zero-order valence-corrected chi connectivity index (χ0v) is 9.92. The highest BCUT2D eigenvalue weighted by Gasteiger charge is 2.09. The molecule has 0 aromatic heterocycles. The zero-order valence-electron chi connectivity index (χ0n) is 9.92. The van der Waals surface area contributed by atoms with Crippen molar-refractivity contribution in [3.05, 3.63) is 0 Å². The smallest absolute Gasteiger partial charge is 0.220 e. The van der Waals surface area contributed by atoms with E-state index in [4.69, 9.17) is 10.5 Å². The van der Waals surface area contributed by atoms with E-state index in [0.29, 0.717) is 19.6 Å². The molecule has 1 atom stereocenters. The third kappa shape index (κ3) is 8.39. The lowest BCUT2D eigenvalue weighted by atomic mass is 10.1. The van der Waals surface area contributed by atoms with E-state index in [9.17, 15) is 4.79 Å². The molecule has 0 fully saturated rings. The van der Waals surface area contributed by atoms with Gasteiger partial charge in [-0.1, -0.05) is 13.3 Å². The third-order valence-corrected chi connectivity index (χ3v) is 2.33. The summed E-state index contributed by atoms with van der Waals surface area (Å²) < 4.78 is 5.01. The van der Waals surface area contributed by atoms with E-state index >= 15 is 0 Å². The molecule has 0 saturated heterocycles. The standard InChI is InChI=1S/C11H24N2O2/c1-3-10(9-15-2)13-11(14)7-5-4-6-8-12/h10H,3-9,12H2,1-2H3,(H,13,14). The first-order valence-electron chi connectivity index (χ1n) is 5.73. The normalized spacial score (nSPS) is 12.5. The van der Waals surface area contributed by atoms with Crippen molar-refractivity contribution in [1.29, 1.82) is 0 Å². The second kappa shape index (κ2) is 9.93. The molecule has 0 saturated carbocycles. The van der Waals surface area contributed by atoms with E-state index < -0.39 is 0 Å². The minimum atomic E-state index is 0.121. The van der Waals surface area contributed by atoms with Crippen molar-refractivity contribution >= 4 is 5.91 Å². The molecule has 1 unspecified atom stereocenters. The summed E-state index contributed by atoms with van der Waals surface area (Å²) in [6.07, 6.45) is 4.46. The molecule has 0 aliphatic rings. The minimum absolute atomic E-state index is 0.121. The van der Waals surface area contributed by atoms with E-state index in [1.165, 1.54) is 0 Å². The molecule has 0 bridgehead atoms. The SMILES string of the molecule is CCC(COC)NC(=O)CCCCCN. The number of amides is 1. The van der Waals surface area contributed by atoms with Crippen LogP contribution < -0.4 is 11.1 Å². The highest BCUT2D eigenvalue weighted by atomic mass is 16.5. The highest BCUT2D eigenvalue weighted by Crippen LogP contribution is 2.00. The summed E-state index contributed by atoms with van der Waals surface area (Å²) in [6, 6.07) is 0.150. The molecule has 4 nitrogen and oxygen atoms in total. The van der Waals surface area contributed by atoms with Gasteiger partial charge in [0.15, 0.2) is 0 Å². The zero-order chi connectivity index (χ0) is 11.5. The topological polar surface area (TPSA) is 64.3 Å². The molecule has 0 rings (SSSR count). The molecule has 0 aromatic carbocycles. The lowest BCUT2D eigenvalue weighted by Crippen LogP contribution is -2.37. The van der Waals surface area contributed by atoms with Crippen LogP contribution in [0.3, 0.4) is 0 Å². The summed E-state index contributed by atoms with van der Waals surface area (Å²) in [7, 11) is 1.65. The summed E-state index contributed by atoms with van der Waals surface area (Å²) in [5, 5.41) is 2.95. The molecule has 15 heavy (non-hydrogen) atoms. The molecule has 0 aromatic rings. The van der Waals surface area contributed by atoms with E-state index in [-0.39, 0.29) is 11.9 Å². The van der Waals surface area contributed by atoms with Gasteiger partial charge in [-0.2, -0.15) is 0 Å². The predicted octanol–water partition coefficient (Wildman–Crippen LogP) is 1.05. The van der Waals surface area contributed by atoms with Crippen molar-refractivity contribution in [3.63, 3.8) is 0 Å². The fourth-order valence-electron chi connectivity index (χ4n) is 1.37. The molecular weight excluding hydrogens is 192 g/mol. The van der Waals surface area contributed by atoms with Gasteiger partial charge in [-0.3, -0.25) is 4.79 Å². The lowest BCUT2D eigenvalue weighted by Gasteiger charge is -2.15. The van der Waals surface area contributed by atoms with Crippen molar-refractivity contribution in [3.8, 4) is 0 Å². The molecule has 0 radical (unpaired) electrons. The highest BCUT2D eigenvalue weighted by molar-refractivity contribution is 5.76. The molecule has 0 spiro atoms. The second-order valence-electron chi connectivity index (χ2n) is 3.73. The number of carbonyl (C=O) groups excluding carboxylic acids is 1. The number of nitrogens with one attached hydrogen (secondary N) is 1. The van der Waals surface area contributed by atoms with Gasteiger partial charge in [0.05, 0.1) is 12.6 Å². The average Bonchev–Trinajstić information content (AvgIpc) is 2.24. The monoisotopic (exact) mass is 216 g/mol. The van der Waals surface area contributed by atoms with Crippen LogP contribution in [0.25, 0.3) is 0 Å². The fourth-order valence-corrected chi connectivity index (χ4v) is 1.37. The third-order valence-electron chi connectivity index (χ3n) is 2.33. The quantitative estimate of drug-likeness (QED) is 0.566. The number of rotatable bonds is 9. The maximum atomic E-state index is 11.5. The molecule has 0 heterocycles. The van der Waals surface area contributed by atoms with E-state index in [2.05, 4.69) is 5.32 Å². The molecule has 0 aliphatic carbocycles. The van der Waals surface area contributed by atoms with Crippen molar-refractivity contribution in [1.82, 2.24) is 5.32 Å². The van der Waals surface area contributed by atoms with Gasteiger partial charge >= 0.3 is 0 Å². The van der Waals surface area contributed by atoms with Crippen molar-refractivity contribution in [2.24, 2.45) is 5.73 Å². The first-order valence-corrected chi connectivity index (χ1v) is 5.73. The Morgan fingerprint density at radius 3 is 2.67 bits per heavy atom. The van der Waals surface area contributed by atoms with Gasteiger partial charge in [-0.25, -0.2) is 0 Å². The Kier molecular flexibility index (Phi) is 9.52. The van der Waals surface area contributed by atoms with Gasteiger partial charge in [0.1, 0.15) is 0 Å². The first-order chi connectivity index (χ1) is 7.24. The minimum Gasteiger partial charge on any atom is -0.383 e. The second-order valence-corrected chi connectivity index (χ2v) is 3.73. The summed E-state index contributed by atoms with van der Waals surface area (Å²) in [5.74, 6) is 0.121. The van der Waals surface area contributed by atoms with Crippen LogP contribution in [0, 0.1) is 0 Å². The number of hydrogen-bond acceptors (Lipinski definition) is 3.